The summed E-state index contributed by atoms with van der Waals surface area (Å²) in [5.74, 6) is 0.0810. The second-order valence-electron chi connectivity index (χ2n) is 6.28. The summed E-state index contributed by atoms with van der Waals surface area (Å²) in [7, 11) is 0. The van der Waals surface area contributed by atoms with Crippen molar-refractivity contribution in [1.82, 2.24) is 10.2 Å². The van der Waals surface area contributed by atoms with E-state index in [2.05, 4.69) is 50.4 Å². The monoisotopic (exact) mass is 386 g/mol. The van der Waals surface area contributed by atoms with Gasteiger partial charge >= 0.3 is 0 Å². The average molecular weight is 387 g/mol. The van der Waals surface area contributed by atoms with Crippen molar-refractivity contribution in [2.75, 3.05) is 19.6 Å². The van der Waals surface area contributed by atoms with Crippen LogP contribution in [0.25, 0.3) is 0 Å². The number of amides is 1. The number of halogens is 1. The van der Waals surface area contributed by atoms with Crippen LogP contribution in [0.1, 0.15) is 30.0 Å². The van der Waals surface area contributed by atoms with Gasteiger partial charge in [-0.15, -0.1) is 0 Å². The minimum absolute atomic E-state index is 0.0810. The van der Waals surface area contributed by atoms with Gasteiger partial charge in [0.15, 0.2) is 0 Å². The highest BCUT2D eigenvalue weighted by Crippen LogP contribution is 2.24. The van der Waals surface area contributed by atoms with Crippen LogP contribution >= 0.6 is 15.9 Å². The standard InChI is InChI=1S/C20H23BrN2O/c21-18-10-8-16(9-11-18)14-20(24)22-15-19(23-12-4-5-13-23)17-6-2-1-3-7-17/h1-3,6-11,19H,4-5,12-15H2,(H,22,24). The van der Waals surface area contributed by atoms with Gasteiger partial charge in [0.25, 0.3) is 0 Å². The Morgan fingerprint density at radius 1 is 1.04 bits per heavy atom. The number of nitrogens with zero attached hydrogens (tertiary/aromatic N) is 1. The van der Waals surface area contributed by atoms with Crippen molar-refractivity contribution in [3.05, 3.63) is 70.2 Å². The highest BCUT2D eigenvalue weighted by Gasteiger charge is 2.23. The third kappa shape index (κ3) is 4.68. The van der Waals surface area contributed by atoms with Gasteiger partial charge in [0.2, 0.25) is 5.91 Å². The number of carbonyl (C=O) groups excluding carboxylic acids is 1. The Morgan fingerprint density at radius 3 is 2.38 bits per heavy atom. The van der Waals surface area contributed by atoms with Gasteiger partial charge in [0.05, 0.1) is 12.5 Å². The van der Waals surface area contributed by atoms with Gasteiger partial charge in [-0.25, -0.2) is 0 Å². The van der Waals surface area contributed by atoms with Crippen molar-refractivity contribution in [3.63, 3.8) is 0 Å². The first kappa shape index (κ1) is 17.2. The fourth-order valence-corrected chi connectivity index (χ4v) is 3.51. The molecule has 1 saturated heterocycles. The van der Waals surface area contributed by atoms with Crippen LogP contribution in [0.15, 0.2) is 59.1 Å². The van der Waals surface area contributed by atoms with Crippen LogP contribution < -0.4 is 5.32 Å². The third-order valence-electron chi connectivity index (χ3n) is 4.54. The molecule has 1 heterocycles. The van der Waals surface area contributed by atoms with E-state index >= 15 is 0 Å². The lowest BCUT2D eigenvalue weighted by molar-refractivity contribution is -0.120. The van der Waals surface area contributed by atoms with Gasteiger partial charge in [-0.05, 0) is 49.2 Å². The summed E-state index contributed by atoms with van der Waals surface area (Å²) < 4.78 is 1.03. The largest absolute Gasteiger partial charge is 0.354 e. The molecule has 1 aliphatic heterocycles. The second-order valence-corrected chi connectivity index (χ2v) is 7.19. The summed E-state index contributed by atoms with van der Waals surface area (Å²) in [6, 6.07) is 18.7. The normalized spacial score (nSPS) is 16.0. The second kappa shape index (κ2) is 8.45. The summed E-state index contributed by atoms with van der Waals surface area (Å²) in [6.45, 7) is 2.89. The molecule has 126 valence electrons. The lowest BCUT2D eigenvalue weighted by atomic mass is 10.1. The zero-order valence-corrected chi connectivity index (χ0v) is 15.3. The Kier molecular flexibility index (Phi) is 6.05. The first-order chi connectivity index (χ1) is 11.7. The van der Waals surface area contributed by atoms with Crippen molar-refractivity contribution in [3.8, 4) is 0 Å². The number of carbonyl (C=O) groups is 1. The molecule has 0 saturated carbocycles. The molecule has 1 fully saturated rings. The number of nitrogens with one attached hydrogen (secondary N) is 1. The average Bonchev–Trinajstić information content (AvgIpc) is 3.12. The highest BCUT2D eigenvalue weighted by atomic mass is 79.9. The molecule has 0 aliphatic carbocycles. The number of hydrogen-bond donors (Lipinski definition) is 1. The molecular formula is C20H23BrN2O. The zero-order chi connectivity index (χ0) is 16.8. The van der Waals surface area contributed by atoms with Gasteiger partial charge < -0.3 is 5.32 Å². The molecule has 2 aromatic carbocycles. The summed E-state index contributed by atoms with van der Waals surface area (Å²) in [4.78, 5) is 14.8. The molecule has 24 heavy (non-hydrogen) atoms. The van der Waals surface area contributed by atoms with Crippen LogP contribution in [0, 0.1) is 0 Å². The Labute approximate surface area is 152 Å². The topological polar surface area (TPSA) is 32.3 Å². The molecular weight excluding hydrogens is 364 g/mol. The van der Waals surface area contributed by atoms with Crippen LogP contribution in [0.5, 0.6) is 0 Å². The minimum atomic E-state index is 0.0810. The van der Waals surface area contributed by atoms with Crippen LogP contribution in [0.3, 0.4) is 0 Å². The number of hydrogen-bond acceptors (Lipinski definition) is 2. The molecule has 0 radical (unpaired) electrons. The SMILES string of the molecule is O=C(Cc1ccc(Br)cc1)NCC(c1ccccc1)N1CCCC1. The van der Waals surface area contributed by atoms with E-state index in [0.717, 1.165) is 23.1 Å². The summed E-state index contributed by atoms with van der Waals surface area (Å²) in [5, 5.41) is 3.13. The summed E-state index contributed by atoms with van der Waals surface area (Å²) >= 11 is 3.42. The quantitative estimate of drug-likeness (QED) is 0.814. The number of benzene rings is 2. The fraction of sp³-hybridized carbons (Fsp3) is 0.350. The molecule has 1 aliphatic rings. The van der Waals surface area contributed by atoms with Crippen LogP contribution in [-0.4, -0.2) is 30.4 Å². The molecule has 0 aromatic heterocycles. The molecule has 1 N–H and O–H groups in total. The van der Waals surface area contributed by atoms with Gasteiger partial charge in [0.1, 0.15) is 0 Å². The smallest absolute Gasteiger partial charge is 0.224 e. The number of likely N-dealkylation sites (tertiary alicyclic amines) is 1. The van der Waals surface area contributed by atoms with E-state index in [-0.39, 0.29) is 11.9 Å². The lowest BCUT2D eigenvalue weighted by Gasteiger charge is -2.28. The maximum absolute atomic E-state index is 12.3. The van der Waals surface area contributed by atoms with Crippen LogP contribution in [0.2, 0.25) is 0 Å². The van der Waals surface area contributed by atoms with E-state index in [4.69, 9.17) is 0 Å². The van der Waals surface area contributed by atoms with Gasteiger partial charge in [0, 0.05) is 11.0 Å². The molecule has 3 nitrogen and oxygen atoms in total. The van der Waals surface area contributed by atoms with Crippen molar-refractivity contribution < 1.29 is 4.79 Å². The number of rotatable bonds is 6. The van der Waals surface area contributed by atoms with E-state index in [0.29, 0.717) is 13.0 Å². The maximum atomic E-state index is 12.3. The Hall–Kier alpha value is -1.65. The van der Waals surface area contributed by atoms with E-state index in [1.807, 2.05) is 30.3 Å². The van der Waals surface area contributed by atoms with Crippen LogP contribution in [-0.2, 0) is 11.2 Å². The molecule has 2 aromatic rings. The highest BCUT2D eigenvalue weighted by molar-refractivity contribution is 9.10. The molecule has 0 spiro atoms. The molecule has 1 amide bonds. The van der Waals surface area contributed by atoms with E-state index in [1.165, 1.54) is 18.4 Å². The van der Waals surface area contributed by atoms with E-state index < -0.39 is 0 Å². The minimum Gasteiger partial charge on any atom is -0.354 e. The predicted octanol–water partition coefficient (Wildman–Crippen LogP) is 3.94. The summed E-state index contributed by atoms with van der Waals surface area (Å²) in [6.07, 6.45) is 2.92. The molecule has 1 unspecified atom stereocenters. The lowest BCUT2D eigenvalue weighted by Crippen LogP contribution is -2.37. The van der Waals surface area contributed by atoms with Crippen LogP contribution in [0.4, 0.5) is 0 Å². The Balaban J connectivity index is 1.60. The van der Waals surface area contributed by atoms with E-state index in [9.17, 15) is 4.79 Å². The van der Waals surface area contributed by atoms with Crippen molar-refractivity contribution in [2.24, 2.45) is 0 Å². The van der Waals surface area contributed by atoms with Crippen molar-refractivity contribution >= 4 is 21.8 Å². The maximum Gasteiger partial charge on any atom is 0.224 e. The fourth-order valence-electron chi connectivity index (χ4n) is 3.25. The molecule has 1 atom stereocenters. The Morgan fingerprint density at radius 2 is 1.71 bits per heavy atom. The van der Waals surface area contributed by atoms with Gasteiger partial charge in [-0.2, -0.15) is 0 Å². The zero-order valence-electron chi connectivity index (χ0n) is 13.7. The van der Waals surface area contributed by atoms with Gasteiger partial charge in [-0.3, -0.25) is 9.69 Å². The van der Waals surface area contributed by atoms with Crippen molar-refractivity contribution in [1.29, 1.82) is 0 Å². The third-order valence-corrected chi connectivity index (χ3v) is 5.06. The van der Waals surface area contributed by atoms with Crippen molar-refractivity contribution in [2.45, 2.75) is 25.3 Å². The molecule has 3 rings (SSSR count). The first-order valence-corrected chi connectivity index (χ1v) is 9.32. The van der Waals surface area contributed by atoms with Gasteiger partial charge in [-0.1, -0.05) is 58.4 Å². The molecule has 0 bridgehead atoms. The predicted molar refractivity (Wildman–Crippen MR) is 101 cm³/mol. The molecule has 4 heteroatoms. The Bertz CT molecular complexity index is 651. The first-order valence-electron chi connectivity index (χ1n) is 8.52. The van der Waals surface area contributed by atoms with E-state index in [1.54, 1.807) is 0 Å². The summed E-state index contributed by atoms with van der Waals surface area (Å²) in [5.41, 5.74) is 2.32.